The highest BCUT2D eigenvalue weighted by Crippen LogP contribution is 2.32. The first-order valence-electron chi connectivity index (χ1n) is 13.0. The van der Waals surface area contributed by atoms with Gasteiger partial charge in [-0.25, -0.2) is 8.42 Å². The largest absolute Gasteiger partial charge is 0.352 e. The van der Waals surface area contributed by atoms with Gasteiger partial charge in [-0.3, -0.25) is 13.9 Å². The van der Waals surface area contributed by atoms with Crippen molar-refractivity contribution in [2.24, 2.45) is 0 Å². The average Bonchev–Trinajstić information content (AvgIpc) is 3.46. The molecule has 12 heteroatoms. The van der Waals surface area contributed by atoms with E-state index in [-0.39, 0.29) is 39.1 Å². The minimum absolute atomic E-state index is 0.0217. The lowest BCUT2D eigenvalue weighted by Crippen LogP contribution is -2.52. The molecule has 1 unspecified atom stereocenters. The molecule has 1 fully saturated rings. The fourth-order valence-corrected chi connectivity index (χ4v) is 6.95. The van der Waals surface area contributed by atoms with Gasteiger partial charge in [0, 0.05) is 28.2 Å². The van der Waals surface area contributed by atoms with Crippen LogP contribution in [0.3, 0.4) is 0 Å². The van der Waals surface area contributed by atoms with Crippen LogP contribution in [0, 0.1) is 0 Å². The Hall–Kier alpha value is -2.49. The van der Waals surface area contributed by atoms with E-state index in [4.69, 9.17) is 46.4 Å². The van der Waals surface area contributed by atoms with E-state index in [0.29, 0.717) is 15.6 Å². The molecule has 3 aromatic rings. The van der Waals surface area contributed by atoms with E-state index in [2.05, 4.69) is 5.32 Å². The zero-order chi connectivity index (χ0) is 29.7. The molecule has 0 heterocycles. The average molecular weight is 657 g/mol. The Morgan fingerprint density at radius 1 is 0.878 bits per heavy atom. The summed E-state index contributed by atoms with van der Waals surface area (Å²) in [5, 5.41) is 4.00. The summed E-state index contributed by atoms with van der Waals surface area (Å²) in [7, 11) is -4.23. The summed E-state index contributed by atoms with van der Waals surface area (Å²) < 4.78 is 28.6. The fourth-order valence-electron chi connectivity index (χ4n) is 4.72. The predicted octanol–water partition coefficient (Wildman–Crippen LogP) is 6.97. The molecule has 0 bridgehead atoms. The molecule has 1 aliphatic carbocycles. The number of carbonyl (C=O) groups is 2. The van der Waals surface area contributed by atoms with Crippen LogP contribution in [0.2, 0.25) is 20.1 Å². The molecule has 1 aliphatic rings. The number of nitrogens with zero attached hydrogens (tertiary/aromatic N) is 2. The SMILES string of the molecule is CC(C(=O)NC1CCCC1)N(Cc1c(Cl)cccc1Cl)C(=O)CN(c1ccc(Cl)c(Cl)c1)S(=O)(=O)c1ccccc1. The van der Waals surface area contributed by atoms with E-state index in [1.807, 2.05) is 0 Å². The molecule has 0 aliphatic heterocycles. The first-order valence-corrected chi connectivity index (χ1v) is 16.0. The highest BCUT2D eigenvalue weighted by molar-refractivity contribution is 7.92. The molecule has 0 spiro atoms. The summed E-state index contributed by atoms with van der Waals surface area (Å²) in [4.78, 5) is 28.7. The monoisotopic (exact) mass is 655 g/mol. The third-order valence-electron chi connectivity index (χ3n) is 7.06. The van der Waals surface area contributed by atoms with Gasteiger partial charge in [0.05, 0.1) is 20.6 Å². The van der Waals surface area contributed by atoms with Gasteiger partial charge < -0.3 is 10.2 Å². The van der Waals surface area contributed by atoms with Gasteiger partial charge in [-0.15, -0.1) is 0 Å². The van der Waals surface area contributed by atoms with Gasteiger partial charge in [0.15, 0.2) is 0 Å². The first-order chi connectivity index (χ1) is 19.5. The summed E-state index contributed by atoms with van der Waals surface area (Å²) in [6.45, 7) is 0.859. The number of amides is 2. The Labute approximate surface area is 260 Å². The number of carbonyl (C=O) groups excluding carboxylic acids is 2. The third-order valence-corrected chi connectivity index (χ3v) is 10.3. The third kappa shape index (κ3) is 7.48. The van der Waals surface area contributed by atoms with Gasteiger partial charge in [-0.2, -0.15) is 0 Å². The number of rotatable bonds is 10. The van der Waals surface area contributed by atoms with Crippen molar-refractivity contribution in [2.75, 3.05) is 10.8 Å². The Bertz CT molecular complexity index is 1500. The number of hydrogen-bond donors (Lipinski definition) is 1. The number of sulfonamides is 1. The van der Waals surface area contributed by atoms with Crippen LogP contribution < -0.4 is 9.62 Å². The molecule has 0 radical (unpaired) electrons. The Morgan fingerprint density at radius 3 is 2.12 bits per heavy atom. The van der Waals surface area contributed by atoms with Crippen molar-refractivity contribution in [1.82, 2.24) is 10.2 Å². The highest BCUT2D eigenvalue weighted by Gasteiger charge is 2.34. The first kappa shape index (κ1) is 31.4. The van der Waals surface area contributed by atoms with Crippen LogP contribution in [0.4, 0.5) is 5.69 Å². The van der Waals surface area contributed by atoms with Crippen LogP contribution in [-0.4, -0.2) is 43.8 Å². The molecule has 3 aromatic carbocycles. The molecule has 0 aromatic heterocycles. The van der Waals surface area contributed by atoms with Crippen molar-refractivity contribution in [2.45, 2.75) is 56.1 Å². The second-order valence-corrected chi connectivity index (χ2v) is 13.3. The van der Waals surface area contributed by atoms with Gasteiger partial charge in [0.2, 0.25) is 11.8 Å². The van der Waals surface area contributed by atoms with Crippen molar-refractivity contribution < 1.29 is 18.0 Å². The van der Waals surface area contributed by atoms with Gasteiger partial charge in [-0.05, 0) is 62.2 Å². The zero-order valence-electron chi connectivity index (χ0n) is 22.2. The number of benzene rings is 3. The molecule has 218 valence electrons. The molecule has 1 saturated carbocycles. The van der Waals surface area contributed by atoms with Crippen LogP contribution in [-0.2, 0) is 26.2 Å². The molecular formula is C29H29Cl4N3O4S. The lowest BCUT2D eigenvalue weighted by atomic mass is 10.1. The fraction of sp³-hybridized carbons (Fsp3) is 0.310. The number of anilines is 1. The van der Waals surface area contributed by atoms with Gasteiger partial charge >= 0.3 is 0 Å². The van der Waals surface area contributed by atoms with Crippen LogP contribution in [0.1, 0.15) is 38.2 Å². The van der Waals surface area contributed by atoms with Gasteiger partial charge in [0.25, 0.3) is 10.0 Å². The highest BCUT2D eigenvalue weighted by atomic mass is 35.5. The molecule has 1 N–H and O–H groups in total. The molecule has 1 atom stereocenters. The Balaban J connectivity index is 1.73. The molecule has 7 nitrogen and oxygen atoms in total. The van der Waals surface area contributed by atoms with Crippen LogP contribution in [0.5, 0.6) is 0 Å². The van der Waals surface area contributed by atoms with Crippen LogP contribution in [0.15, 0.2) is 71.6 Å². The van der Waals surface area contributed by atoms with E-state index < -0.39 is 28.5 Å². The van der Waals surface area contributed by atoms with Gasteiger partial charge in [-0.1, -0.05) is 83.5 Å². The van der Waals surface area contributed by atoms with Crippen molar-refractivity contribution in [3.8, 4) is 0 Å². The Kier molecular flexibility index (Phi) is 10.5. The van der Waals surface area contributed by atoms with E-state index in [1.165, 1.54) is 35.2 Å². The second kappa shape index (κ2) is 13.7. The lowest BCUT2D eigenvalue weighted by Gasteiger charge is -2.33. The molecule has 41 heavy (non-hydrogen) atoms. The van der Waals surface area contributed by atoms with E-state index >= 15 is 0 Å². The molecule has 2 amide bonds. The van der Waals surface area contributed by atoms with Crippen molar-refractivity contribution in [3.63, 3.8) is 0 Å². The number of nitrogens with one attached hydrogen (secondary N) is 1. The minimum atomic E-state index is -4.23. The molecule has 4 rings (SSSR count). The van der Waals surface area contributed by atoms with Crippen molar-refractivity contribution >= 4 is 73.9 Å². The maximum Gasteiger partial charge on any atom is 0.264 e. The normalized spacial score (nSPS) is 14.5. The Morgan fingerprint density at radius 2 is 1.51 bits per heavy atom. The summed E-state index contributed by atoms with van der Waals surface area (Å²) >= 11 is 25.2. The smallest absolute Gasteiger partial charge is 0.264 e. The van der Waals surface area contributed by atoms with Crippen molar-refractivity contribution in [3.05, 3.63) is 92.4 Å². The van der Waals surface area contributed by atoms with Crippen LogP contribution in [0.25, 0.3) is 0 Å². The van der Waals surface area contributed by atoms with E-state index in [0.717, 1.165) is 30.0 Å². The maximum atomic E-state index is 14.1. The molecule has 0 saturated heterocycles. The minimum Gasteiger partial charge on any atom is -0.352 e. The summed E-state index contributed by atoms with van der Waals surface area (Å²) in [5.74, 6) is -0.985. The van der Waals surface area contributed by atoms with Crippen LogP contribution >= 0.6 is 46.4 Å². The van der Waals surface area contributed by atoms with Crippen molar-refractivity contribution in [1.29, 1.82) is 0 Å². The van der Waals surface area contributed by atoms with E-state index in [1.54, 1.807) is 43.3 Å². The maximum absolute atomic E-state index is 14.1. The summed E-state index contributed by atoms with van der Waals surface area (Å²) in [5.41, 5.74) is 0.576. The zero-order valence-corrected chi connectivity index (χ0v) is 26.0. The summed E-state index contributed by atoms with van der Waals surface area (Å²) in [6.07, 6.45) is 3.77. The standard InChI is InChI=1S/C29H29Cl4N3O4S/c1-19(29(38)34-20-8-5-6-9-20)35(17-23-24(30)12-7-13-25(23)31)28(37)18-36(21-14-15-26(32)27(33)16-21)41(39,40)22-10-3-2-4-11-22/h2-4,7,10-16,19-20H,5-6,8-9,17-18H2,1H3,(H,34,38). The summed E-state index contributed by atoms with van der Waals surface area (Å²) in [6, 6.07) is 16.0. The topological polar surface area (TPSA) is 86.8 Å². The molecular weight excluding hydrogens is 628 g/mol. The number of hydrogen-bond acceptors (Lipinski definition) is 4. The number of halogens is 4. The predicted molar refractivity (Wildman–Crippen MR) is 164 cm³/mol. The second-order valence-electron chi connectivity index (χ2n) is 9.81. The van der Waals surface area contributed by atoms with Gasteiger partial charge in [0.1, 0.15) is 12.6 Å². The van der Waals surface area contributed by atoms with E-state index in [9.17, 15) is 18.0 Å². The lowest BCUT2D eigenvalue weighted by molar-refractivity contribution is -0.139. The quantitative estimate of drug-likeness (QED) is 0.255.